The molecule has 3 N–H and O–H groups in total. The lowest BCUT2D eigenvalue weighted by Crippen LogP contribution is -2.29. The minimum absolute atomic E-state index is 0.180. The summed E-state index contributed by atoms with van der Waals surface area (Å²) in [4.78, 5) is 13.8. The van der Waals surface area contributed by atoms with Crippen LogP contribution in [-0.4, -0.2) is 23.6 Å². The van der Waals surface area contributed by atoms with Crippen molar-refractivity contribution >= 4 is 22.5 Å². The molecule has 180 valence electrons. The van der Waals surface area contributed by atoms with Crippen LogP contribution in [0.4, 0.5) is 14.5 Å². The van der Waals surface area contributed by atoms with Gasteiger partial charge in [0.25, 0.3) is 5.91 Å². The largest absolute Gasteiger partial charge is 0.497 e. The summed E-state index contributed by atoms with van der Waals surface area (Å²) in [5.41, 5.74) is 2.72. The van der Waals surface area contributed by atoms with E-state index in [0.717, 1.165) is 54.0 Å². The highest BCUT2D eigenvalue weighted by molar-refractivity contribution is 7.84. The maximum Gasteiger partial charge on any atom is 0.272 e. The Morgan fingerprint density at radius 3 is 2.71 bits per heavy atom. The van der Waals surface area contributed by atoms with Crippen molar-refractivity contribution in [2.45, 2.75) is 43.0 Å². The van der Waals surface area contributed by atoms with Crippen molar-refractivity contribution in [2.75, 3.05) is 12.4 Å². The number of nitrogens with one attached hydrogen (secondary N) is 3. The fourth-order valence-corrected chi connectivity index (χ4v) is 5.69. The smallest absolute Gasteiger partial charge is 0.272 e. The molecular weight excluding hydrogens is 458 g/mol. The van der Waals surface area contributed by atoms with Crippen LogP contribution >= 0.6 is 0 Å². The Hall–Kier alpha value is -3.04. The lowest BCUT2D eigenvalue weighted by Gasteiger charge is -2.16. The molecule has 1 aliphatic heterocycles. The number of carbonyl (C=O) groups is 1. The number of hydrogen-bond acceptors (Lipinski definition) is 3. The number of fused-ring (bicyclic) bond motifs is 1. The van der Waals surface area contributed by atoms with Gasteiger partial charge in [0, 0.05) is 31.0 Å². The first kappa shape index (κ1) is 24.1. The molecule has 2 heterocycles. The molecule has 2 atom stereocenters. The second-order valence-electron chi connectivity index (χ2n) is 8.41. The average Bonchev–Trinajstić information content (AvgIpc) is 3.08. The first-order valence-corrected chi connectivity index (χ1v) is 12.4. The molecule has 3 aromatic rings. The van der Waals surface area contributed by atoms with E-state index >= 15 is 0 Å². The lowest BCUT2D eigenvalue weighted by atomic mass is 9.99. The minimum Gasteiger partial charge on any atom is -0.497 e. The molecule has 0 aliphatic carbocycles. The van der Waals surface area contributed by atoms with Crippen LogP contribution < -0.4 is 14.8 Å². The van der Waals surface area contributed by atoms with Gasteiger partial charge in [0.15, 0.2) is 11.6 Å². The molecule has 0 spiro atoms. The summed E-state index contributed by atoms with van der Waals surface area (Å²) in [6, 6.07) is 11.5. The average molecular weight is 487 g/mol. The van der Waals surface area contributed by atoms with Crippen molar-refractivity contribution in [3.63, 3.8) is 0 Å². The van der Waals surface area contributed by atoms with E-state index in [9.17, 15) is 13.6 Å². The third-order valence-electron chi connectivity index (χ3n) is 6.06. The summed E-state index contributed by atoms with van der Waals surface area (Å²) in [5, 5.41) is 2.66. The van der Waals surface area contributed by atoms with Crippen LogP contribution in [0.5, 0.6) is 5.75 Å². The molecule has 0 bridgehead atoms. The monoisotopic (exact) mass is 486 g/mol. The van der Waals surface area contributed by atoms with Crippen molar-refractivity contribution in [1.29, 1.82) is 4.78 Å². The normalized spacial score (nSPS) is 17.6. The van der Waals surface area contributed by atoms with Crippen molar-refractivity contribution in [3.8, 4) is 5.75 Å². The molecule has 1 aliphatic rings. The SMILES string of the molecule is COc1ccc(CCCC2CCc3c(cn(C)c3C(=O)Nc3ccc(F)c(F)c3)S(=N)N2)cc1. The standard InChI is InChI=1S/C25H28F2N4O2S/c1-31-15-23-20(24(31)25(32)29-18-9-13-21(26)22(27)14-18)12-8-17(30-34(23)28)5-3-4-16-6-10-19(33-2)11-7-16/h6-7,9-11,13-15,17H,3-5,8,12H2,1-2H3,(H2,28,30)(H,29,32). The van der Waals surface area contributed by atoms with Crippen LogP contribution in [0, 0.1) is 16.4 Å². The van der Waals surface area contributed by atoms with E-state index in [1.54, 1.807) is 18.7 Å². The number of methoxy groups -OCH3 is 1. The first-order valence-electron chi connectivity index (χ1n) is 11.1. The second kappa shape index (κ2) is 10.5. The molecule has 0 saturated carbocycles. The summed E-state index contributed by atoms with van der Waals surface area (Å²) >= 11 is 0. The van der Waals surface area contributed by atoms with E-state index < -0.39 is 28.4 Å². The fourth-order valence-electron chi connectivity index (χ4n) is 4.28. The van der Waals surface area contributed by atoms with Crippen molar-refractivity contribution in [2.24, 2.45) is 7.05 Å². The van der Waals surface area contributed by atoms with Crippen LogP contribution in [0.1, 0.15) is 40.9 Å². The van der Waals surface area contributed by atoms with E-state index in [1.165, 1.54) is 11.6 Å². The van der Waals surface area contributed by atoms with E-state index in [1.807, 2.05) is 18.3 Å². The van der Waals surface area contributed by atoms with Crippen LogP contribution in [0.25, 0.3) is 0 Å². The molecule has 4 rings (SSSR count). The predicted octanol–water partition coefficient (Wildman–Crippen LogP) is 5.15. The highest BCUT2D eigenvalue weighted by atomic mass is 32.2. The Kier molecular flexibility index (Phi) is 7.43. The number of hydrogen-bond donors (Lipinski definition) is 3. The summed E-state index contributed by atoms with van der Waals surface area (Å²) < 4.78 is 45.8. The number of nitrogens with zero attached hydrogens (tertiary/aromatic N) is 1. The zero-order valence-electron chi connectivity index (χ0n) is 19.2. The van der Waals surface area contributed by atoms with Crippen LogP contribution in [0.3, 0.4) is 0 Å². The van der Waals surface area contributed by atoms with E-state index in [4.69, 9.17) is 9.52 Å². The number of carbonyl (C=O) groups excluding carboxylic acids is 1. The second-order valence-corrected chi connectivity index (χ2v) is 9.70. The molecule has 0 fully saturated rings. The van der Waals surface area contributed by atoms with Crippen molar-refractivity contribution in [3.05, 3.63) is 77.1 Å². The first-order chi connectivity index (χ1) is 16.4. The number of amides is 1. The molecule has 34 heavy (non-hydrogen) atoms. The number of rotatable bonds is 7. The van der Waals surface area contributed by atoms with Crippen molar-refractivity contribution in [1.82, 2.24) is 9.29 Å². The number of benzene rings is 2. The zero-order chi connectivity index (χ0) is 24.2. The van der Waals surface area contributed by atoms with E-state index in [0.29, 0.717) is 12.1 Å². The molecule has 1 amide bonds. The van der Waals surface area contributed by atoms with Crippen molar-refractivity contribution < 1.29 is 18.3 Å². The van der Waals surface area contributed by atoms with Crippen LogP contribution in [-0.2, 0) is 30.8 Å². The lowest BCUT2D eigenvalue weighted by molar-refractivity contribution is 0.101. The molecular formula is C25H28F2N4O2S. The molecule has 1 aromatic heterocycles. The Labute approximate surface area is 200 Å². The van der Waals surface area contributed by atoms with Gasteiger partial charge >= 0.3 is 0 Å². The molecule has 9 heteroatoms. The summed E-state index contributed by atoms with van der Waals surface area (Å²) in [5.74, 6) is -1.54. The number of aromatic nitrogens is 1. The predicted molar refractivity (Wildman–Crippen MR) is 129 cm³/mol. The topological polar surface area (TPSA) is 79.1 Å². The van der Waals surface area contributed by atoms with Gasteiger partial charge in [-0.25, -0.2) is 13.5 Å². The number of aryl methyl sites for hydroxylation is 2. The maximum absolute atomic E-state index is 13.5. The quantitative estimate of drug-likeness (QED) is 0.432. The molecule has 2 aromatic carbocycles. The maximum atomic E-state index is 13.5. The summed E-state index contributed by atoms with van der Waals surface area (Å²) in [6.45, 7) is 0. The Balaban J connectivity index is 1.41. The third-order valence-corrected chi connectivity index (χ3v) is 7.42. The highest BCUT2D eigenvalue weighted by Crippen LogP contribution is 2.28. The molecule has 0 radical (unpaired) electrons. The van der Waals surface area contributed by atoms with Gasteiger partial charge in [0.05, 0.1) is 12.0 Å². The fraction of sp³-hybridized carbons (Fsp3) is 0.320. The van der Waals surface area contributed by atoms with Gasteiger partial charge in [0.2, 0.25) is 0 Å². The third kappa shape index (κ3) is 5.37. The number of anilines is 1. The van der Waals surface area contributed by atoms with Crippen LogP contribution in [0.2, 0.25) is 0 Å². The van der Waals surface area contributed by atoms with Gasteiger partial charge in [-0.05, 0) is 78.4 Å². The van der Waals surface area contributed by atoms with Gasteiger partial charge in [-0.15, -0.1) is 0 Å². The Morgan fingerprint density at radius 2 is 2.00 bits per heavy atom. The van der Waals surface area contributed by atoms with Gasteiger partial charge in [-0.2, -0.15) is 0 Å². The van der Waals surface area contributed by atoms with Crippen LogP contribution in [0.15, 0.2) is 53.6 Å². The minimum atomic E-state index is -1.02. The highest BCUT2D eigenvalue weighted by Gasteiger charge is 2.27. The zero-order valence-corrected chi connectivity index (χ0v) is 20.0. The Bertz CT molecular complexity index is 1210. The van der Waals surface area contributed by atoms with E-state index in [-0.39, 0.29) is 11.7 Å². The summed E-state index contributed by atoms with van der Waals surface area (Å²) in [6.07, 6.45) is 6.17. The van der Waals surface area contributed by atoms with Gasteiger partial charge in [-0.1, -0.05) is 12.1 Å². The Morgan fingerprint density at radius 1 is 1.24 bits per heavy atom. The van der Waals surface area contributed by atoms with Gasteiger partial charge in [-0.3, -0.25) is 9.57 Å². The van der Waals surface area contributed by atoms with Gasteiger partial charge in [0.1, 0.15) is 11.4 Å². The van der Waals surface area contributed by atoms with E-state index in [2.05, 4.69) is 22.2 Å². The number of ether oxygens (including phenoxy) is 1. The molecule has 6 nitrogen and oxygen atoms in total. The van der Waals surface area contributed by atoms with Gasteiger partial charge < -0.3 is 14.6 Å². The number of halogens is 2. The molecule has 0 saturated heterocycles. The molecule has 2 unspecified atom stereocenters. The summed E-state index contributed by atoms with van der Waals surface area (Å²) in [7, 11) is 2.46.